The van der Waals surface area contributed by atoms with Crippen LogP contribution in [0.2, 0.25) is 0 Å². The van der Waals surface area contributed by atoms with Crippen LogP contribution in [0, 0.1) is 6.92 Å². The number of carbonyl (C=O) groups is 1. The molecule has 1 heterocycles. The number of rotatable bonds is 6. The van der Waals surface area contributed by atoms with Crippen molar-refractivity contribution in [3.63, 3.8) is 0 Å². The molecule has 0 aliphatic heterocycles. The lowest BCUT2D eigenvalue weighted by Crippen LogP contribution is -2.08. The number of fused-ring (bicyclic) bond motifs is 1. The first kappa shape index (κ1) is 14.6. The smallest absolute Gasteiger partial charge is 0.338 e. The molecular formula is C16H22N2O2. The molecule has 0 amide bonds. The zero-order chi connectivity index (χ0) is 14.7. The van der Waals surface area contributed by atoms with Crippen LogP contribution in [0.4, 0.5) is 0 Å². The van der Waals surface area contributed by atoms with Crippen LogP contribution >= 0.6 is 0 Å². The SMILES string of the molecule is CCCc1cn(CCCN)c2c(C(=O)O)c(C)ccc12. The van der Waals surface area contributed by atoms with Crippen LogP contribution in [0.1, 0.15) is 41.3 Å². The van der Waals surface area contributed by atoms with Crippen LogP contribution < -0.4 is 5.73 Å². The number of benzene rings is 1. The molecule has 4 heteroatoms. The number of hydrogen-bond acceptors (Lipinski definition) is 2. The van der Waals surface area contributed by atoms with Crippen LogP contribution in [0.5, 0.6) is 0 Å². The third-order valence-electron chi connectivity index (χ3n) is 3.67. The monoisotopic (exact) mass is 274 g/mol. The van der Waals surface area contributed by atoms with Gasteiger partial charge in [-0.05, 0) is 37.4 Å². The van der Waals surface area contributed by atoms with E-state index in [1.54, 1.807) is 0 Å². The summed E-state index contributed by atoms with van der Waals surface area (Å²) >= 11 is 0. The van der Waals surface area contributed by atoms with E-state index in [4.69, 9.17) is 5.73 Å². The van der Waals surface area contributed by atoms with E-state index >= 15 is 0 Å². The fourth-order valence-electron chi connectivity index (χ4n) is 2.75. The highest BCUT2D eigenvalue weighted by atomic mass is 16.4. The van der Waals surface area contributed by atoms with Crippen molar-refractivity contribution in [1.82, 2.24) is 4.57 Å². The van der Waals surface area contributed by atoms with Crippen molar-refractivity contribution in [2.75, 3.05) is 6.54 Å². The third-order valence-corrected chi connectivity index (χ3v) is 3.67. The minimum atomic E-state index is -0.858. The van der Waals surface area contributed by atoms with Crippen LogP contribution in [0.3, 0.4) is 0 Å². The fraction of sp³-hybridized carbons (Fsp3) is 0.438. The second-order valence-electron chi connectivity index (χ2n) is 5.20. The summed E-state index contributed by atoms with van der Waals surface area (Å²) in [5.74, 6) is -0.858. The standard InChI is InChI=1S/C16H22N2O2/c1-3-5-12-10-18(9-4-8-17)15-13(12)7-6-11(2)14(15)16(19)20/h6-7,10H,3-5,8-9,17H2,1-2H3,(H,19,20). The molecule has 0 aliphatic carbocycles. The second kappa shape index (κ2) is 6.09. The zero-order valence-corrected chi connectivity index (χ0v) is 12.1. The van der Waals surface area contributed by atoms with Crippen molar-refractivity contribution in [3.8, 4) is 0 Å². The minimum Gasteiger partial charge on any atom is -0.478 e. The van der Waals surface area contributed by atoms with Crippen molar-refractivity contribution in [1.29, 1.82) is 0 Å². The second-order valence-corrected chi connectivity index (χ2v) is 5.20. The highest BCUT2D eigenvalue weighted by Gasteiger charge is 2.18. The van der Waals surface area contributed by atoms with E-state index in [1.165, 1.54) is 5.56 Å². The normalized spacial score (nSPS) is 11.2. The quantitative estimate of drug-likeness (QED) is 0.851. The van der Waals surface area contributed by atoms with Crippen LogP contribution in [-0.4, -0.2) is 22.2 Å². The van der Waals surface area contributed by atoms with Gasteiger partial charge in [0.1, 0.15) is 0 Å². The first-order valence-electron chi connectivity index (χ1n) is 7.14. The van der Waals surface area contributed by atoms with E-state index in [1.807, 2.05) is 19.1 Å². The highest BCUT2D eigenvalue weighted by molar-refractivity contribution is 6.04. The Bertz CT molecular complexity index is 629. The van der Waals surface area contributed by atoms with Crippen LogP contribution in [0.15, 0.2) is 18.3 Å². The van der Waals surface area contributed by atoms with Gasteiger partial charge in [-0.2, -0.15) is 0 Å². The Morgan fingerprint density at radius 2 is 2.15 bits per heavy atom. The molecule has 0 atom stereocenters. The predicted octanol–water partition coefficient (Wildman–Crippen LogP) is 2.95. The Balaban J connectivity index is 2.69. The molecular weight excluding hydrogens is 252 g/mol. The molecule has 0 radical (unpaired) electrons. The number of aromatic nitrogens is 1. The Morgan fingerprint density at radius 1 is 1.40 bits per heavy atom. The van der Waals surface area contributed by atoms with Gasteiger partial charge in [-0.1, -0.05) is 25.5 Å². The average molecular weight is 274 g/mol. The summed E-state index contributed by atoms with van der Waals surface area (Å²) in [6, 6.07) is 3.94. The van der Waals surface area contributed by atoms with E-state index in [0.29, 0.717) is 12.1 Å². The van der Waals surface area contributed by atoms with E-state index in [0.717, 1.165) is 42.3 Å². The van der Waals surface area contributed by atoms with Gasteiger partial charge in [-0.15, -0.1) is 0 Å². The fourth-order valence-corrected chi connectivity index (χ4v) is 2.75. The van der Waals surface area contributed by atoms with Crippen LogP contribution in [-0.2, 0) is 13.0 Å². The van der Waals surface area contributed by atoms with Gasteiger partial charge in [-0.3, -0.25) is 0 Å². The van der Waals surface area contributed by atoms with Gasteiger partial charge in [0.05, 0.1) is 11.1 Å². The van der Waals surface area contributed by atoms with Gasteiger partial charge in [0.25, 0.3) is 0 Å². The molecule has 108 valence electrons. The summed E-state index contributed by atoms with van der Waals surface area (Å²) in [7, 11) is 0. The molecule has 2 rings (SSSR count). The molecule has 0 fully saturated rings. The van der Waals surface area contributed by atoms with Gasteiger partial charge in [0.2, 0.25) is 0 Å². The zero-order valence-electron chi connectivity index (χ0n) is 12.1. The molecule has 2 aromatic rings. The molecule has 0 saturated heterocycles. The van der Waals surface area contributed by atoms with Gasteiger partial charge in [0, 0.05) is 18.1 Å². The van der Waals surface area contributed by atoms with Gasteiger partial charge >= 0.3 is 5.97 Å². The van der Waals surface area contributed by atoms with E-state index < -0.39 is 5.97 Å². The maximum atomic E-state index is 11.6. The molecule has 1 aromatic carbocycles. The molecule has 0 bridgehead atoms. The predicted molar refractivity (Wildman–Crippen MR) is 81.3 cm³/mol. The summed E-state index contributed by atoms with van der Waals surface area (Å²) in [4.78, 5) is 11.6. The molecule has 0 spiro atoms. The molecule has 0 aliphatic rings. The maximum absolute atomic E-state index is 11.6. The summed E-state index contributed by atoms with van der Waals surface area (Å²) < 4.78 is 2.06. The molecule has 0 saturated carbocycles. The summed E-state index contributed by atoms with van der Waals surface area (Å²) in [5.41, 5.74) is 8.87. The summed E-state index contributed by atoms with van der Waals surface area (Å²) in [6.07, 6.45) is 4.96. The lowest BCUT2D eigenvalue weighted by Gasteiger charge is -2.09. The van der Waals surface area contributed by atoms with Crippen molar-refractivity contribution in [3.05, 3.63) is 35.0 Å². The number of aromatic carboxylic acids is 1. The number of nitrogens with zero attached hydrogens (tertiary/aromatic N) is 1. The van der Waals surface area contributed by atoms with Crippen molar-refractivity contribution in [2.45, 2.75) is 39.7 Å². The Hall–Kier alpha value is -1.81. The molecule has 20 heavy (non-hydrogen) atoms. The third kappa shape index (κ3) is 2.56. The average Bonchev–Trinajstić information content (AvgIpc) is 2.74. The number of carboxylic acid groups (broad SMARTS) is 1. The maximum Gasteiger partial charge on any atom is 0.338 e. The summed E-state index contributed by atoms with van der Waals surface area (Å²) in [5, 5.41) is 10.6. The Kier molecular flexibility index (Phi) is 4.45. The van der Waals surface area contributed by atoms with Gasteiger partial charge < -0.3 is 15.4 Å². The molecule has 0 unspecified atom stereocenters. The van der Waals surface area contributed by atoms with Crippen LogP contribution in [0.25, 0.3) is 10.9 Å². The highest BCUT2D eigenvalue weighted by Crippen LogP contribution is 2.28. The first-order chi connectivity index (χ1) is 9.60. The summed E-state index contributed by atoms with van der Waals surface area (Å²) in [6.45, 7) is 5.36. The topological polar surface area (TPSA) is 68.2 Å². The van der Waals surface area contributed by atoms with Crippen molar-refractivity contribution >= 4 is 16.9 Å². The van der Waals surface area contributed by atoms with E-state index in [-0.39, 0.29) is 0 Å². The number of nitrogens with two attached hydrogens (primary N) is 1. The molecule has 1 aromatic heterocycles. The lowest BCUT2D eigenvalue weighted by molar-refractivity contribution is 0.0698. The van der Waals surface area contributed by atoms with Crippen molar-refractivity contribution < 1.29 is 9.90 Å². The van der Waals surface area contributed by atoms with Gasteiger partial charge in [-0.25, -0.2) is 4.79 Å². The minimum absolute atomic E-state index is 0.418. The number of hydrogen-bond donors (Lipinski definition) is 2. The number of carboxylic acids is 1. The lowest BCUT2D eigenvalue weighted by atomic mass is 10.0. The Morgan fingerprint density at radius 3 is 2.75 bits per heavy atom. The van der Waals surface area contributed by atoms with Gasteiger partial charge in [0.15, 0.2) is 0 Å². The Labute approximate surface area is 119 Å². The van der Waals surface area contributed by atoms with E-state index in [2.05, 4.69) is 17.7 Å². The first-order valence-corrected chi connectivity index (χ1v) is 7.14. The number of aryl methyl sites for hydroxylation is 3. The molecule has 3 N–H and O–H groups in total. The molecule has 4 nitrogen and oxygen atoms in total. The largest absolute Gasteiger partial charge is 0.478 e. The van der Waals surface area contributed by atoms with Crippen molar-refractivity contribution in [2.24, 2.45) is 5.73 Å². The van der Waals surface area contributed by atoms with E-state index in [9.17, 15) is 9.90 Å².